The molecule has 0 aromatic heterocycles. The van der Waals surface area contributed by atoms with Gasteiger partial charge < -0.3 is 0 Å². The Morgan fingerprint density at radius 1 is 0.600 bits per heavy atom. The Balaban J connectivity index is 4.46. The molecule has 0 heterocycles. The van der Waals surface area contributed by atoms with Crippen LogP contribution in [0.2, 0.25) is 0 Å². The van der Waals surface area contributed by atoms with Crippen molar-refractivity contribution in [2.75, 3.05) is 0 Å². The van der Waals surface area contributed by atoms with E-state index in [2.05, 4.69) is 48.0 Å². The first-order valence-electron chi connectivity index (χ1n) is 9.39. The van der Waals surface area contributed by atoms with Gasteiger partial charge in [0.2, 0.25) is 0 Å². The summed E-state index contributed by atoms with van der Waals surface area (Å²) in [5.74, 6) is 0. The Bertz CT molecular complexity index is 208. The van der Waals surface area contributed by atoms with Gasteiger partial charge in [-0.3, -0.25) is 0 Å². The molecule has 0 spiro atoms. The topological polar surface area (TPSA) is 0 Å². The fraction of sp³-hybridized carbons (Fsp3) is 0.950. The average Bonchev–Trinajstić information content (AvgIpc) is 2.50. The highest BCUT2D eigenvalue weighted by atomic mass is 14.3. The molecule has 0 heteroatoms. The van der Waals surface area contributed by atoms with Gasteiger partial charge in [0, 0.05) is 0 Å². The Morgan fingerprint density at radius 2 is 1.05 bits per heavy atom. The summed E-state index contributed by atoms with van der Waals surface area (Å²) in [6, 6.07) is 0. The van der Waals surface area contributed by atoms with Gasteiger partial charge in [-0.05, 0) is 42.9 Å². The molecule has 0 atom stereocenters. The molecule has 121 valence electrons. The molecule has 0 fully saturated rings. The van der Waals surface area contributed by atoms with Gasteiger partial charge in [0.25, 0.3) is 0 Å². The van der Waals surface area contributed by atoms with E-state index < -0.39 is 0 Å². The summed E-state index contributed by atoms with van der Waals surface area (Å²) in [6.07, 6.45) is 17.6. The summed E-state index contributed by atoms with van der Waals surface area (Å²) in [5.41, 5.74) is 1.18. The van der Waals surface area contributed by atoms with Gasteiger partial charge in [-0.15, -0.1) is 0 Å². The monoisotopic (exact) mass is 281 g/mol. The minimum Gasteiger partial charge on any atom is -0.0654 e. The third kappa shape index (κ3) is 6.19. The van der Waals surface area contributed by atoms with E-state index in [1.54, 1.807) is 0 Å². The highest BCUT2D eigenvalue weighted by Gasteiger charge is 2.29. The molecule has 0 aliphatic rings. The van der Waals surface area contributed by atoms with Crippen molar-refractivity contribution in [2.24, 2.45) is 10.8 Å². The van der Waals surface area contributed by atoms with Crippen molar-refractivity contribution in [1.29, 1.82) is 0 Å². The van der Waals surface area contributed by atoms with Crippen LogP contribution in [0.3, 0.4) is 0 Å². The largest absolute Gasteiger partial charge is 0.0654 e. The zero-order valence-electron chi connectivity index (χ0n) is 15.4. The van der Waals surface area contributed by atoms with Crippen LogP contribution in [0.15, 0.2) is 0 Å². The molecule has 0 amide bonds. The lowest BCUT2D eigenvalue weighted by Gasteiger charge is -2.36. The van der Waals surface area contributed by atoms with Gasteiger partial charge in [0.1, 0.15) is 0 Å². The van der Waals surface area contributed by atoms with Gasteiger partial charge in [0.15, 0.2) is 0 Å². The van der Waals surface area contributed by atoms with Crippen LogP contribution in [-0.4, -0.2) is 0 Å². The normalized spacial score (nSPS) is 12.9. The fourth-order valence-corrected chi connectivity index (χ4v) is 3.76. The minimum absolute atomic E-state index is 0.590. The van der Waals surface area contributed by atoms with E-state index in [1.165, 1.54) is 70.6 Å². The first-order chi connectivity index (χ1) is 9.57. The molecule has 1 radical (unpaired) electrons. The zero-order chi connectivity index (χ0) is 15.5. The number of hydrogen-bond acceptors (Lipinski definition) is 0. The molecule has 0 saturated carbocycles. The molecule has 0 saturated heterocycles. The van der Waals surface area contributed by atoms with Crippen LogP contribution in [0.4, 0.5) is 0 Å². The van der Waals surface area contributed by atoms with Gasteiger partial charge in [-0.25, -0.2) is 0 Å². The van der Waals surface area contributed by atoms with Crippen LogP contribution in [0.25, 0.3) is 0 Å². The second-order valence-electron chi connectivity index (χ2n) is 6.96. The lowest BCUT2D eigenvalue weighted by atomic mass is 9.70. The summed E-state index contributed by atoms with van der Waals surface area (Å²) in [7, 11) is 0. The third-order valence-corrected chi connectivity index (χ3v) is 6.00. The lowest BCUT2D eigenvalue weighted by Crippen LogP contribution is -2.23. The predicted octanol–water partition coefficient (Wildman–Crippen LogP) is 7.57. The first-order valence-corrected chi connectivity index (χ1v) is 9.39. The molecule has 0 nitrogen and oxygen atoms in total. The molecule has 0 aromatic carbocycles. The molecule has 20 heavy (non-hydrogen) atoms. The summed E-state index contributed by atoms with van der Waals surface area (Å²) in [6.45, 7) is 14.2. The van der Waals surface area contributed by atoms with E-state index in [0.29, 0.717) is 10.8 Å². The maximum Gasteiger partial charge on any atom is -0.0300 e. The molecule has 0 aliphatic carbocycles. The van der Waals surface area contributed by atoms with Gasteiger partial charge in [-0.1, -0.05) is 86.5 Å². The van der Waals surface area contributed by atoms with E-state index in [9.17, 15) is 0 Å². The Labute approximate surface area is 130 Å². The van der Waals surface area contributed by atoms with Gasteiger partial charge in [-0.2, -0.15) is 0 Å². The van der Waals surface area contributed by atoms with E-state index in [1.807, 2.05) is 0 Å². The van der Waals surface area contributed by atoms with Crippen molar-refractivity contribution in [1.82, 2.24) is 0 Å². The maximum atomic E-state index is 2.66. The van der Waals surface area contributed by atoms with Crippen molar-refractivity contribution < 1.29 is 0 Å². The third-order valence-electron chi connectivity index (χ3n) is 6.00. The van der Waals surface area contributed by atoms with Crippen LogP contribution in [-0.2, 0) is 0 Å². The standard InChI is InChI=1S/C20H41/c1-7-13-16-20(11-5,12-6)18-14-17-19(9-3,10-4)15-8-2/h14H,7-13,15-18H2,1-6H3. The van der Waals surface area contributed by atoms with Gasteiger partial charge in [0.05, 0.1) is 0 Å². The van der Waals surface area contributed by atoms with Crippen LogP contribution >= 0.6 is 0 Å². The summed E-state index contributed by atoms with van der Waals surface area (Å²) < 4.78 is 0. The van der Waals surface area contributed by atoms with Crippen molar-refractivity contribution in [3.05, 3.63) is 6.42 Å². The van der Waals surface area contributed by atoms with Crippen molar-refractivity contribution in [3.8, 4) is 0 Å². The zero-order valence-corrected chi connectivity index (χ0v) is 15.4. The Kier molecular flexibility index (Phi) is 10.7. The SMILES string of the molecule is CCCCC(CC)(CC)C[CH]CC(CC)(CC)CCC. The second kappa shape index (κ2) is 10.7. The molecular weight excluding hydrogens is 240 g/mol. The van der Waals surface area contributed by atoms with E-state index >= 15 is 0 Å². The summed E-state index contributed by atoms with van der Waals surface area (Å²) in [4.78, 5) is 0. The molecule has 0 aromatic rings. The van der Waals surface area contributed by atoms with Crippen molar-refractivity contribution >= 4 is 0 Å². The Hall–Kier alpha value is 0. The quantitative estimate of drug-likeness (QED) is 0.326. The molecule has 0 aliphatic heterocycles. The lowest BCUT2D eigenvalue weighted by molar-refractivity contribution is 0.195. The number of unbranched alkanes of at least 4 members (excludes halogenated alkanes) is 1. The van der Waals surface area contributed by atoms with E-state index in [0.717, 1.165) is 0 Å². The first kappa shape index (κ1) is 20.0. The summed E-state index contributed by atoms with van der Waals surface area (Å²) in [5, 5.41) is 0. The maximum absolute atomic E-state index is 2.66. The number of hydrogen-bond donors (Lipinski definition) is 0. The van der Waals surface area contributed by atoms with Crippen LogP contribution < -0.4 is 0 Å². The van der Waals surface area contributed by atoms with E-state index in [-0.39, 0.29) is 0 Å². The minimum atomic E-state index is 0.590. The average molecular weight is 282 g/mol. The molecule has 0 bridgehead atoms. The number of rotatable bonds is 13. The molecule has 0 rings (SSSR count). The van der Waals surface area contributed by atoms with E-state index in [4.69, 9.17) is 0 Å². The highest BCUT2D eigenvalue weighted by molar-refractivity contribution is 4.89. The van der Waals surface area contributed by atoms with Crippen LogP contribution in [0, 0.1) is 17.3 Å². The molecule has 0 unspecified atom stereocenters. The predicted molar refractivity (Wildman–Crippen MR) is 94.0 cm³/mol. The van der Waals surface area contributed by atoms with Crippen molar-refractivity contribution in [2.45, 2.75) is 112 Å². The smallest absolute Gasteiger partial charge is 0.0300 e. The molecule has 0 N–H and O–H groups in total. The Morgan fingerprint density at radius 3 is 1.40 bits per heavy atom. The second-order valence-corrected chi connectivity index (χ2v) is 6.96. The molecular formula is C20H41. The van der Waals surface area contributed by atoms with Crippen LogP contribution in [0.5, 0.6) is 0 Å². The van der Waals surface area contributed by atoms with Crippen LogP contribution in [0.1, 0.15) is 112 Å². The highest BCUT2D eigenvalue weighted by Crippen LogP contribution is 2.42. The fourth-order valence-electron chi connectivity index (χ4n) is 3.76. The van der Waals surface area contributed by atoms with Gasteiger partial charge >= 0.3 is 0 Å². The summed E-state index contributed by atoms with van der Waals surface area (Å²) >= 11 is 0. The van der Waals surface area contributed by atoms with Crippen molar-refractivity contribution in [3.63, 3.8) is 0 Å².